The summed E-state index contributed by atoms with van der Waals surface area (Å²) in [4.78, 5) is 49.3. The maximum atomic E-state index is 12.5. The first-order valence-corrected chi connectivity index (χ1v) is 9.34. The van der Waals surface area contributed by atoms with Gasteiger partial charge in [-0.2, -0.15) is 0 Å². The van der Waals surface area contributed by atoms with Gasteiger partial charge in [0.15, 0.2) is 6.61 Å². The molecule has 3 amide bonds. The third-order valence-corrected chi connectivity index (χ3v) is 4.06. The second-order valence-corrected chi connectivity index (χ2v) is 6.68. The molecule has 0 fully saturated rings. The van der Waals surface area contributed by atoms with E-state index in [2.05, 4.69) is 10.6 Å². The number of likely N-dealkylation sites (N-methyl/N-ethyl adjacent to an activating group) is 2. The molecule has 0 spiro atoms. The molecule has 0 bridgehead atoms. The van der Waals surface area contributed by atoms with E-state index in [9.17, 15) is 19.2 Å². The van der Waals surface area contributed by atoms with Crippen LogP contribution in [-0.4, -0.2) is 68.5 Å². The molecule has 160 valence electrons. The fraction of sp³-hybridized carbons (Fsp3) is 0.500. The summed E-state index contributed by atoms with van der Waals surface area (Å²) < 4.78 is 10.4. The average molecular weight is 407 g/mol. The SMILES string of the molecule is CCOc1ccc(C(=O)N[C@H](C(=O)OCC(=O)N(C)CC(=O)NC)C(C)C)cc1. The van der Waals surface area contributed by atoms with E-state index < -0.39 is 30.4 Å². The molecule has 1 atom stereocenters. The van der Waals surface area contributed by atoms with Crippen molar-refractivity contribution in [3.05, 3.63) is 29.8 Å². The summed E-state index contributed by atoms with van der Waals surface area (Å²) in [5.74, 6) is -1.64. The number of nitrogens with one attached hydrogen (secondary N) is 2. The fourth-order valence-corrected chi connectivity index (χ4v) is 2.31. The third-order valence-electron chi connectivity index (χ3n) is 4.06. The minimum absolute atomic E-state index is 0.144. The maximum absolute atomic E-state index is 12.5. The van der Waals surface area contributed by atoms with Crippen molar-refractivity contribution < 1.29 is 28.7 Å². The Bertz CT molecular complexity index is 717. The molecule has 9 nitrogen and oxygen atoms in total. The summed E-state index contributed by atoms with van der Waals surface area (Å²) >= 11 is 0. The van der Waals surface area contributed by atoms with Crippen LogP contribution in [0.4, 0.5) is 0 Å². The lowest BCUT2D eigenvalue weighted by molar-refractivity contribution is -0.154. The van der Waals surface area contributed by atoms with Crippen LogP contribution in [0.1, 0.15) is 31.1 Å². The minimum atomic E-state index is -0.925. The van der Waals surface area contributed by atoms with E-state index in [0.717, 1.165) is 4.90 Å². The molecule has 0 aliphatic rings. The molecule has 2 N–H and O–H groups in total. The number of carbonyl (C=O) groups excluding carboxylic acids is 4. The summed E-state index contributed by atoms with van der Waals surface area (Å²) in [5, 5.41) is 5.04. The number of benzene rings is 1. The first kappa shape index (κ1) is 23.9. The Kier molecular flexibility index (Phi) is 9.64. The minimum Gasteiger partial charge on any atom is -0.494 e. The van der Waals surface area contributed by atoms with Gasteiger partial charge in [-0.3, -0.25) is 14.4 Å². The molecule has 0 aliphatic carbocycles. The van der Waals surface area contributed by atoms with Crippen molar-refractivity contribution in [1.82, 2.24) is 15.5 Å². The Morgan fingerprint density at radius 2 is 1.72 bits per heavy atom. The summed E-state index contributed by atoms with van der Waals surface area (Å²) in [6, 6.07) is 5.61. The van der Waals surface area contributed by atoms with E-state index >= 15 is 0 Å². The monoisotopic (exact) mass is 407 g/mol. The molecule has 9 heteroatoms. The lowest BCUT2D eigenvalue weighted by Gasteiger charge is -2.22. The molecular formula is C20H29N3O6. The molecule has 1 aromatic rings. The van der Waals surface area contributed by atoms with Crippen molar-refractivity contribution in [1.29, 1.82) is 0 Å². The average Bonchev–Trinajstić information content (AvgIpc) is 2.70. The molecule has 1 rings (SSSR count). The molecule has 1 aromatic carbocycles. The zero-order chi connectivity index (χ0) is 22.0. The number of nitrogens with zero attached hydrogens (tertiary/aromatic N) is 1. The lowest BCUT2D eigenvalue weighted by atomic mass is 10.0. The summed E-state index contributed by atoms with van der Waals surface area (Å²) in [5.41, 5.74) is 0.369. The van der Waals surface area contributed by atoms with Crippen molar-refractivity contribution in [3.63, 3.8) is 0 Å². The Labute approximate surface area is 170 Å². The van der Waals surface area contributed by atoms with Gasteiger partial charge in [-0.15, -0.1) is 0 Å². The third kappa shape index (κ3) is 7.81. The van der Waals surface area contributed by atoms with Gasteiger partial charge < -0.3 is 25.0 Å². The van der Waals surface area contributed by atoms with Crippen LogP contribution < -0.4 is 15.4 Å². The van der Waals surface area contributed by atoms with Crippen LogP contribution >= 0.6 is 0 Å². The molecular weight excluding hydrogens is 378 g/mol. The second-order valence-electron chi connectivity index (χ2n) is 6.68. The molecule has 0 saturated carbocycles. The lowest BCUT2D eigenvalue weighted by Crippen LogP contribution is -2.46. The van der Waals surface area contributed by atoms with Crippen LogP contribution in [0.3, 0.4) is 0 Å². The molecule has 29 heavy (non-hydrogen) atoms. The second kappa shape index (κ2) is 11.7. The highest BCUT2D eigenvalue weighted by Gasteiger charge is 2.27. The predicted octanol–water partition coefficient (Wildman–Crippen LogP) is 0.587. The van der Waals surface area contributed by atoms with Gasteiger partial charge in [0.05, 0.1) is 13.2 Å². The number of carbonyl (C=O) groups is 4. The number of hydrogen-bond donors (Lipinski definition) is 2. The molecule has 0 heterocycles. The van der Waals surface area contributed by atoms with Crippen molar-refractivity contribution in [2.75, 3.05) is 33.9 Å². The Morgan fingerprint density at radius 3 is 2.24 bits per heavy atom. The fourth-order valence-electron chi connectivity index (χ4n) is 2.31. The van der Waals surface area contributed by atoms with Gasteiger partial charge in [0, 0.05) is 19.7 Å². The van der Waals surface area contributed by atoms with Crippen LogP contribution in [0.2, 0.25) is 0 Å². The topological polar surface area (TPSA) is 114 Å². The van der Waals surface area contributed by atoms with Gasteiger partial charge in [-0.1, -0.05) is 13.8 Å². The standard InChI is InChI=1S/C20H29N3O6/c1-6-28-15-9-7-14(8-10-15)19(26)22-18(13(2)3)20(27)29-12-17(25)23(5)11-16(24)21-4/h7-10,13,18H,6,11-12H2,1-5H3,(H,21,24)(H,22,26)/t18-/m0/s1. The van der Waals surface area contributed by atoms with Crippen molar-refractivity contribution in [2.24, 2.45) is 5.92 Å². The Hall–Kier alpha value is -3.10. The van der Waals surface area contributed by atoms with Crippen molar-refractivity contribution in [2.45, 2.75) is 26.8 Å². The van der Waals surface area contributed by atoms with E-state index in [-0.39, 0.29) is 18.4 Å². The summed E-state index contributed by atoms with van der Waals surface area (Å²) in [6.45, 7) is 5.22. The van der Waals surface area contributed by atoms with Crippen LogP contribution in [0.15, 0.2) is 24.3 Å². The number of hydrogen-bond acceptors (Lipinski definition) is 6. The van der Waals surface area contributed by atoms with Gasteiger partial charge in [0.2, 0.25) is 5.91 Å². The van der Waals surface area contributed by atoms with Crippen molar-refractivity contribution in [3.8, 4) is 5.75 Å². The normalized spacial score (nSPS) is 11.4. The number of amides is 3. The maximum Gasteiger partial charge on any atom is 0.329 e. The molecule has 0 saturated heterocycles. The summed E-state index contributed by atoms with van der Waals surface area (Å²) in [7, 11) is 2.89. The highest BCUT2D eigenvalue weighted by Crippen LogP contribution is 2.13. The van der Waals surface area contributed by atoms with Gasteiger partial charge in [-0.05, 0) is 37.1 Å². The predicted molar refractivity (Wildman–Crippen MR) is 106 cm³/mol. The molecule has 0 radical (unpaired) electrons. The van der Waals surface area contributed by atoms with Crippen LogP contribution in [0, 0.1) is 5.92 Å². The van der Waals surface area contributed by atoms with E-state index in [1.807, 2.05) is 6.92 Å². The van der Waals surface area contributed by atoms with Gasteiger partial charge in [0.25, 0.3) is 11.8 Å². The van der Waals surface area contributed by atoms with E-state index in [0.29, 0.717) is 17.9 Å². The smallest absolute Gasteiger partial charge is 0.329 e. The summed E-state index contributed by atoms with van der Waals surface area (Å²) in [6.07, 6.45) is 0. The highest BCUT2D eigenvalue weighted by atomic mass is 16.5. The van der Waals surface area contributed by atoms with Crippen LogP contribution in [0.25, 0.3) is 0 Å². The number of rotatable bonds is 10. The zero-order valence-corrected chi connectivity index (χ0v) is 17.5. The van der Waals surface area contributed by atoms with Crippen LogP contribution in [-0.2, 0) is 19.1 Å². The number of esters is 1. The molecule has 0 aliphatic heterocycles. The Balaban J connectivity index is 2.66. The van der Waals surface area contributed by atoms with Crippen LogP contribution in [0.5, 0.6) is 5.75 Å². The van der Waals surface area contributed by atoms with Gasteiger partial charge in [0.1, 0.15) is 11.8 Å². The Morgan fingerprint density at radius 1 is 1.10 bits per heavy atom. The van der Waals surface area contributed by atoms with Crippen molar-refractivity contribution >= 4 is 23.7 Å². The first-order chi connectivity index (χ1) is 13.7. The largest absolute Gasteiger partial charge is 0.494 e. The molecule has 0 unspecified atom stereocenters. The molecule has 0 aromatic heterocycles. The van der Waals surface area contributed by atoms with E-state index in [1.54, 1.807) is 38.1 Å². The van der Waals surface area contributed by atoms with Gasteiger partial charge >= 0.3 is 5.97 Å². The number of ether oxygens (including phenoxy) is 2. The first-order valence-electron chi connectivity index (χ1n) is 9.34. The quantitative estimate of drug-likeness (QED) is 0.549. The van der Waals surface area contributed by atoms with E-state index in [4.69, 9.17) is 9.47 Å². The van der Waals surface area contributed by atoms with Gasteiger partial charge in [-0.25, -0.2) is 4.79 Å². The highest BCUT2D eigenvalue weighted by molar-refractivity contribution is 5.97. The zero-order valence-electron chi connectivity index (χ0n) is 17.5. The van der Waals surface area contributed by atoms with E-state index in [1.165, 1.54) is 14.1 Å².